The Morgan fingerprint density at radius 3 is 2.53 bits per heavy atom. The van der Waals surface area contributed by atoms with E-state index in [1.807, 2.05) is 50.5 Å². The molecule has 1 atom stereocenters. The monoisotopic (exact) mass is 535 g/mol. The molecule has 3 aromatic carbocycles. The lowest BCUT2D eigenvalue weighted by atomic mass is 10.1. The van der Waals surface area contributed by atoms with Gasteiger partial charge >= 0.3 is 0 Å². The lowest BCUT2D eigenvalue weighted by Crippen LogP contribution is -2.44. The Morgan fingerprint density at radius 1 is 1.11 bits per heavy atom. The third-order valence-electron chi connectivity index (χ3n) is 6.24. The largest absolute Gasteiger partial charge is 0.548 e. The molecule has 6 nitrogen and oxygen atoms in total. The van der Waals surface area contributed by atoms with E-state index in [1.54, 1.807) is 59.2 Å². The molecular weight excluding hydrogens is 514 g/mol. The van der Waals surface area contributed by atoms with Gasteiger partial charge in [0.2, 0.25) is 5.52 Å². The average molecular weight is 536 g/mol. The second kappa shape index (κ2) is 9.61. The zero-order valence-corrected chi connectivity index (χ0v) is 22.2. The van der Waals surface area contributed by atoms with Crippen LogP contribution in [0.2, 0.25) is 5.02 Å². The molecule has 4 aromatic rings. The molecule has 1 aromatic heterocycles. The molecule has 0 saturated carbocycles. The number of aldehydes is 1. The molecule has 1 aliphatic rings. The normalized spacial score (nSPS) is 14.8. The fourth-order valence-electron chi connectivity index (χ4n) is 4.22. The summed E-state index contributed by atoms with van der Waals surface area (Å²) in [4.78, 5) is 27.9. The first kappa shape index (κ1) is 24.4. The number of fused-ring (bicyclic) bond motifs is 2. The van der Waals surface area contributed by atoms with Crippen LogP contribution in [0.5, 0.6) is 0 Å². The van der Waals surface area contributed by atoms with E-state index in [2.05, 4.69) is 15.5 Å². The van der Waals surface area contributed by atoms with E-state index < -0.39 is 12.0 Å². The molecule has 36 heavy (non-hydrogen) atoms. The quantitative estimate of drug-likeness (QED) is 0.255. The second-order valence-corrected chi connectivity index (χ2v) is 11.0. The predicted octanol–water partition coefficient (Wildman–Crippen LogP) is 5.01. The maximum absolute atomic E-state index is 11.8. The number of halogens is 1. The van der Waals surface area contributed by atoms with E-state index >= 15 is 0 Å². The zero-order chi connectivity index (χ0) is 25.6. The highest BCUT2D eigenvalue weighted by Crippen LogP contribution is 2.46. The molecule has 182 valence electrons. The van der Waals surface area contributed by atoms with Crippen molar-refractivity contribution in [2.75, 3.05) is 16.8 Å². The van der Waals surface area contributed by atoms with Crippen molar-refractivity contribution < 1.29 is 19.3 Å². The van der Waals surface area contributed by atoms with Gasteiger partial charge < -0.3 is 19.7 Å². The van der Waals surface area contributed by atoms with E-state index in [0.29, 0.717) is 16.3 Å². The maximum atomic E-state index is 11.8. The van der Waals surface area contributed by atoms with Gasteiger partial charge in [0.25, 0.3) is 5.01 Å². The van der Waals surface area contributed by atoms with Gasteiger partial charge in [-0.2, -0.15) is 4.57 Å². The minimum Gasteiger partial charge on any atom is -0.548 e. The first-order chi connectivity index (χ1) is 17.3. The summed E-state index contributed by atoms with van der Waals surface area (Å²) in [6.45, 7) is 1.59. The van der Waals surface area contributed by atoms with Crippen LogP contribution in [-0.4, -0.2) is 25.3 Å². The van der Waals surface area contributed by atoms with Crippen LogP contribution in [0.1, 0.15) is 22.3 Å². The third kappa shape index (κ3) is 4.36. The smallest absolute Gasteiger partial charge is 0.265 e. The lowest BCUT2D eigenvalue weighted by Gasteiger charge is -2.32. The molecule has 1 aliphatic heterocycles. The minimum absolute atomic E-state index is 0.524. The fourth-order valence-corrected chi connectivity index (χ4v) is 6.59. The molecular formula is C27H22ClN3O3S2. The van der Waals surface area contributed by atoms with Gasteiger partial charge in [-0.3, -0.25) is 4.79 Å². The number of thioether (sulfide) groups is 1. The highest BCUT2D eigenvalue weighted by Gasteiger charge is 2.26. The summed E-state index contributed by atoms with van der Waals surface area (Å²) in [5.41, 5.74) is 3.97. The van der Waals surface area contributed by atoms with Gasteiger partial charge in [0.1, 0.15) is 18.0 Å². The molecule has 5 rings (SSSR count). The molecule has 0 N–H and O–H groups in total. The van der Waals surface area contributed by atoms with Crippen LogP contribution < -0.4 is 19.5 Å². The number of carbonyl (C=O) groups is 2. The topological polar surface area (TPSA) is 67.6 Å². The molecule has 2 heterocycles. The van der Waals surface area contributed by atoms with Crippen LogP contribution in [0.3, 0.4) is 0 Å². The third-order valence-corrected chi connectivity index (χ3v) is 8.80. The molecule has 1 unspecified atom stereocenters. The summed E-state index contributed by atoms with van der Waals surface area (Å²) in [5, 5.41) is 14.7. The molecule has 0 saturated heterocycles. The van der Waals surface area contributed by atoms with Gasteiger partial charge in [0.15, 0.2) is 0 Å². The number of carbonyl (C=O) groups excluding carboxylic acids is 2. The number of anilines is 3. The summed E-state index contributed by atoms with van der Waals surface area (Å²) < 4.78 is 3.19. The van der Waals surface area contributed by atoms with Crippen molar-refractivity contribution in [3.63, 3.8) is 0 Å². The summed E-state index contributed by atoms with van der Waals surface area (Å²) in [6.07, 6.45) is 2.92. The van der Waals surface area contributed by atoms with Crippen LogP contribution in [0.4, 0.5) is 17.1 Å². The molecule has 0 aliphatic carbocycles. The average Bonchev–Trinajstić information content (AvgIpc) is 3.35. The summed E-state index contributed by atoms with van der Waals surface area (Å²) in [5.74, 6) is -1.18. The van der Waals surface area contributed by atoms with Crippen LogP contribution in [0.15, 0.2) is 70.6 Å². The van der Waals surface area contributed by atoms with Crippen molar-refractivity contribution in [2.24, 2.45) is 7.05 Å². The predicted molar refractivity (Wildman–Crippen MR) is 145 cm³/mol. The van der Waals surface area contributed by atoms with E-state index in [4.69, 9.17) is 11.6 Å². The fraction of sp³-hybridized carbons (Fsp3) is 0.148. The van der Waals surface area contributed by atoms with E-state index in [-0.39, 0.29) is 0 Å². The Bertz CT molecular complexity index is 1530. The number of aromatic nitrogens is 1. The van der Waals surface area contributed by atoms with Crippen molar-refractivity contribution in [3.05, 3.63) is 81.3 Å². The molecule has 0 spiro atoms. The standard InChI is InChI=1S/C27H22ClN3O3S2/c1-16(27(33)34)31(19-7-4-17(15-32)5-8-19)20-9-11-24-22(13-20)30(3)26(36-24)14-25-29(2)21-12-18(28)6-10-23(21)35-25/h4-16H,1-3H3. The number of hydrogen-bond acceptors (Lipinski definition) is 7. The lowest BCUT2D eigenvalue weighted by molar-refractivity contribution is -0.642. The Kier molecular flexibility index (Phi) is 6.51. The molecule has 0 amide bonds. The van der Waals surface area contributed by atoms with Gasteiger partial charge in [-0.1, -0.05) is 34.7 Å². The van der Waals surface area contributed by atoms with Gasteiger partial charge in [-0.25, -0.2) is 0 Å². The van der Waals surface area contributed by atoms with Crippen molar-refractivity contribution in [2.45, 2.75) is 17.9 Å². The Labute approximate surface area is 222 Å². The summed E-state index contributed by atoms with van der Waals surface area (Å²) in [7, 11) is 4.03. The Balaban J connectivity index is 1.54. The van der Waals surface area contributed by atoms with Crippen molar-refractivity contribution >= 4 is 80.3 Å². The highest BCUT2D eigenvalue weighted by atomic mass is 35.5. The van der Waals surface area contributed by atoms with Crippen molar-refractivity contribution in [3.8, 4) is 0 Å². The van der Waals surface area contributed by atoms with Crippen LogP contribution in [0, 0.1) is 0 Å². The van der Waals surface area contributed by atoms with Crippen LogP contribution >= 0.6 is 34.7 Å². The first-order valence-corrected chi connectivity index (χ1v) is 13.2. The number of thiazole rings is 1. The Morgan fingerprint density at radius 2 is 1.83 bits per heavy atom. The molecule has 0 fully saturated rings. The van der Waals surface area contributed by atoms with Gasteiger partial charge in [-0.05, 0) is 61.5 Å². The number of hydrogen-bond donors (Lipinski definition) is 0. The molecule has 0 radical (unpaired) electrons. The number of carboxylic acid groups (broad SMARTS) is 1. The number of aryl methyl sites for hydroxylation is 1. The van der Waals surface area contributed by atoms with Crippen molar-refractivity contribution in [1.29, 1.82) is 0 Å². The van der Waals surface area contributed by atoms with Gasteiger partial charge in [0.05, 0.1) is 28.8 Å². The number of rotatable bonds is 6. The minimum atomic E-state index is -1.18. The Hall–Kier alpha value is -3.33. The van der Waals surface area contributed by atoms with Gasteiger partial charge in [-0.15, -0.1) is 0 Å². The number of benzene rings is 3. The highest BCUT2D eigenvalue weighted by molar-refractivity contribution is 8.03. The first-order valence-electron chi connectivity index (χ1n) is 11.2. The van der Waals surface area contributed by atoms with E-state index in [9.17, 15) is 14.7 Å². The summed E-state index contributed by atoms with van der Waals surface area (Å²) >= 11 is 9.56. The zero-order valence-electron chi connectivity index (χ0n) is 19.8. The van der Waals surface area contributed by atoms with Gasteiger partial charge in [0, 0.05) is 40.0 Å². The van der Waals surface area contributed by atoms with E-state index in [0.717, 1.165) is 42.8 Å². The van der Waals surface area contributed by atoms with Crippen LogP contribution in [-0.2, 0) is 11.8 Å². The van der Waals surface area contributed by atoms with Crippen LogP contribution in [0.25, 0.3) is 16.3 Å². The second-order valence-electron chi connectivity index (χ2n) is 8.48. The maximum Gasteiger partial charge on any atom is 0.265 e. The number of aliphatic carboxylic acids is 1. The summed E-state index contributed by atoms with van der Waals surface area (Å²) in [6, 6.07) is 17.7. The number of carboxylic acids is 1. The molecule has 0 bridgehead atoms. The SMILES string of the molecule is CC(C(=O)[O-])N(c1ccc(C=O)cc1)c1ccc2sc(/C=C3\Sc4ccc(Cl)cc4N3C)[n+](C)c2c1. The number of nitrogens with zero attached hydrogens (tertiary/aromatic N) is 3. The van der Waals surface area contributed by atoms with Crippen molar-refractivity contribution in [1.82, 2.24) is 0 Å². The molecule has 9 heteroatoms. The van der Waals surface area contributed by atoms with E-state index in [1.165, 1.54) is 0 Å².